The quantitative estimate of drug-likeness (QED) is 0.260. The van der Waals surface area contributed by atoms with E-state index in [1.165, 1.54) is 24.4 Å². The minimum absolute atomic E-state index is 0.0188. The second-order valence-electron chi connectivity index (χ2n) is 8.66. The summed E-state index contributed by atoms with van der Waals surface area (Å²) in [4.78, 5) is 8.53. The van der Waals surface area contributed by atoms with E-state index < -0.39 is 39.9 Å². The molecular formula is C24H21F3N6O5S. The Morgan fingerprint density at radius 2 is 1.90 bits per heavy atom. The second-order valence-corrected chi connectivity index (χ2v) is 10.7. The van der Waals surface area contributed by atoms with Crippen LogP contribution in [0.2, 0.25) is 0 Å². The molecule has 0 spiro atoms. The van der Waals surface area contributed by atoms with Gasteiger partial charge in [0.25, 0.3) is 5.89 Å². The number of aromatic nitrogens is 4. The zero-order valence-electron chi connectivity index (χ0n) is 19.9. The molecule has 0 saturated heterocycles. The smallest absolute Gasteiger partial charge is 0.412 e. The number of halogens is 3. The SMILES string of the molecule is O=S1(=O)CCC(O)c2cc(Nc3ncc(-c4nnc(C(F)(F)F)o4)c(N[C@H](CO)c4ccccc4)n3)ccc21. The van der Waals surface area contributed by atoms with Gasteiger partial charge in [0, 0.05) is 17.4 Å². The zero-order chi connectivity index (χ0) is 27.8. The highest BCUT2D eigenvalue weighted by atomic mass is 32.2. The minimum atomic E-state index is -4.86. The minimum Gasteiger partial charge on any atom is -0.412 e. The number of alkyl halides is 3. The van der Waals surface area contributed by atoms with E-state index in [1.807, 2.05) is 0 Å². The van der Waals surface area contributed by atoms with Crippen molar-refractivity contribution in [3.05, 3.63) is 71.7 Å². The molecule has 3 heterocycles. The average Bonchev–Trinajstić information content (AvgIpc) is 3.41. The number of anilines is 3. The van der Waals surface area contributed by atoms with Gasteiger partial charge in [-0.15, -0.1) is 10.2 Å². The van der Waals surface area contributed by atoms with Crippen LogP contribution >= 0.6 is 0 Å². The summed E-state index contributed by atoms with van der Waals surface area (Å²) < 4.78 is 68.7. The Morgan fingerprint density at radius 1 is 1.13 bits per heavy atom. The molecule has 2 aromatic carbocycles. The van der Waals surface area contributed by atoms with Crippen molar-refractivity contribution < 1.29 is 36.2 Å². The van der Waals surface area contributed by atoms with Crippen molar-refractivity contribution in [2.75, 3.05) is 23.0 Å². The molecule has 0 bridgehead atoms. The van der Waals surface area contributed by atoms with Crippen LogP contribution in [-0.2, 0) is 16.0 Å². The lowest BCUT2D eigenvalue weighted by Crippen LogP contribution is -2.20. The lowest BCUT2D eigenvalue weighted by Gasteiger charge is -2.22. The molecule has 4 aromatic rings. The molecule has 204 valence electrons. The van der Waals surface area contributed by atoms with Gasteiger partial charge in [-0.1, -0.05) is 30.3 Å². The van der Waals surface area contributed by atoms with Crippen molar-refractivity contribution in [3.63, 3.8) is 0 Å². The number of nitrogens with one attached hydrogen (secondary N) is 2. The number of sulfone groups is 1. The van der Waals surface area contributed by atoms with Gasteiger partial charge in [-0.3, -0.25) is 0 Å². The Hall–Kier alpha value is -4.08. The number of benzene rings is 2. The van der Waals surface area contributed by atoms with Gasteiger partial charge in [-0.05, 0) is 30.2 Å². The molecule has 0 amide bonds. The summed E-state index contributed by atoms with van der Waals surface area (Å²) in [7, 11) is -3.51. The summed E-state index contributed by atoms with van der Waals surface area (Å²) in [6.07, 6.45) is -4.60. The van der Waals surface area contributed by atoms with Gasteiger partial charge < -0.3 is 25.3 Å². The van der Waals surface area contributed by atoms with E-state index >= 15 is 0 Å². The van der Waals surface area contributed by atoms with Crippen LogP contribution in [0.1, 0.15) is 35.6 Å². The van der Waals surface area contributed by atoms with Crippen LogP contribution in [0.25, 0.3) is 11.5 Å². The summed E-state index contributed by atoms with van der Waals surface area (Å²) in [6.45, 7) is -0.384. The van der Waals surface area contributed by atoms with Gasteiger partial charge in [0.05, 0.1) is 35.0 Å². The lowest BCUT2D eigenvalue weighted by atomic mass is 10.1. The summed E-state index contributed by atoms with van der Waals surface area (Å²) >= 11 is 0. The number of nitrogens with zero attached hydrogens (tertiary/aromatic N) is 4. The van der Waals surface area contributed by atoms with E-state index in [0.717, 1.165) is 0 Å². The van der Waals surface area contributed by atoms with Crippen LogP contribution in [0, 0.1) is 0 Å². The number of hydrogen-bond donors (Lipinski definition) is 4. The number of aliphatic hydroxyl groups is 2. The Labute approximate surface area is 219 Å². The van der Waals surface area contributed by atoms with Crippen LogP contribution in [0.4, 0.5) is 30.6 Å². The summed E-state index contributed by atoms with van der Waals surface area (Å²) in [5.41, 5.74) is 1.22. The highest BCUT2D eigenvalue weighted by Crippen LogP contribution is 2.36. The monoisotopic (exact) mass is 562 g/mol. The number of rotatable bonds is 7. The van der Waals surface area contributed by atoms with Gasteiger partial charge in [-0.25, -0.2) is 13.4 Å². The Bertz CT molecular complexity index is 1600. The fraction of sp³-hybridized carbons (Fsp3) is 0.250. The van der Waals surface area contributed by atoms with Gasteiger partial charge in [0.15, 0.2) is 9.84 Å². The highest BCUT2D eigenvalue weighted by molar-refractivity contribution is 7.91. The predicted octanol–water partition coefficient (Wildman–Crippen LogP) is 3.65. The van der Waals surface area contributed by atoms with E-state index in [4.69, 9.17) is 4.42 Å². The van der Waals surface area contributed by atoms with Gasteiger partial charge in [-0.2, -0.15) is 18.2 Å². The highest BCUT2D eigenvalue weighted by Gasteiger charge is 2.38. The molecule has 1 aliphatic rings. The fourth-order valence-corrected chi connectivity index (χ4v) is 5.65. The van der Waals surface area contributed by atoms with E-state index in [9.17, 15) is 31.8 Å². The molecule has 15 heteroatoms. The molecule has 2 aromatic heterocycles. The van der Waals surface area contributed by atoms with Crippen molar-refractivity contribution in [2.24, 2.45) is 0 Å². The van der Waals surface area contributed by atoms with E-state index in [-0.39, 0.29) is 46.6 Å². The normalized spacial score (nSPS) is 17.3. The third kappa shape index (κ3) is 5.55. The van der Waals surface area contributed by atoms with Crippen molar-refractivity contribution in [3.8, 4) is 11.5 Å². The third-order valence-corrected chi connectivity index (χ3v) is 7.82. The molecule has 11 nitrogen and oxygen atoms in total. The predicted molar refractivity (Wildman–Crippen MR) is 132 cm³/mol. The molecule has 0 fully saturated rings. The topological polar surface area (TPSA) is 163 Å². The lowest BCUT2D eigenvalue weighted by molar-refractivity contribution is -0.156. The molecule has 0 aliphatic carbocycles. The van der Waals surface area contributed by atoms with Gasteiger partial charge in [0.2, 0.25) is 5.95 Å². The molecule has 0 radical (unpaired) electrons. The van der Waals surface area contributed by atoms with Crippen LogP contribution in [0.5, 0.6) is 0 Å². The van der Waals surface area contributed by atoms with Crippen molar-refractivity contribution >= 4 is 27.3 Å². The molecule has 0 saturated carbocycles. The van der Waals surface area contributed by atoms with Crippen molar-refractivity contribution in [1.29, 1.82) is 0 Å². The summed E-state index contributed by atoms with van der Waals surface area (Å²) in [5, 5.41) is 32.7. The second kappa shape index (κ2) is 10.2. The van der Waals surface area contributed by atoms with Crippen LogP contribution in [0.3, 0.4) is 0 Å². The third-order valence-electron chi connectivity index (χ3n) is 6.00. The number of aliphatic hydroxyl groups excluding tert-OH is 2. The maximum Gasteiger partial charge on any atom is 0.470 e. The van der Waals surface area contributed by atoms with Crippen molar-refractivity contribution in [2.45, 2.75) is 29.6 Å². The fourth-order valence-electron chi connectivity index (χ4n) is 4.07. The summed E-state index contributed by atoms with van der Waals surface area (Å²) in [5.74, 6) is -2.24. The van der Waals surface area contributed by atoms with E-state index in [2.05, 4.69) is 30.8 Å². The number of hydrogen-bond acceptors (Lipinski definition) is 11. The first-order chi connectivity index (χ1) is 18.5. The maximum absolute atomic E-state index is 13.1. The molecule has 1 unspecified atom stereocenters. The van der Waals surface area contributed by atoms with Gasteiger partial charge >= 0.3 is 12.1 Å². The zero-order valence-corrected chi connectivity index (χ0v) is 20.7. The summed E-state index contributed by atoms with van der Waals surface area (Å²) in [6, 6.07) is 12.4. The molecule has 4 N–H and O–H groups in total. The van der Waals surface area contributed by atoms with Crippen LogP contribution in [-0.4, -0.2) is 51.2 Å². The first kappa shape index (κ1) is 26.5. The van der Waals surface area contributed by atoms with Gasteiger partial charge in [0.1, 0.15) is 5.82 Å². The first-order valence-corrected chi connectivity index (χ1v) is 13.2. The van der Waals surface area contributed by atoms with Crippen LogP contribution < -0.4 is 10.6 Å². The van der Waals surface area contributed by atoms with Crippen LogP contribution in [0.15, 0.2) is 64.0 Å². The van der Waals surface area contributed by atoms with Crippen molar-refractivity contribution in [1.82, 2.24) is 20.2 Å². The molecule has 5 rings (SSSR count). The first-order valence-electron chi connectivity index (χ1n) is 11.6. The molecule has 39 heavy (non-hydrogen) atoms. The molecule has 1 aliphatic heterocycles. The largest absolute Gasteiger partial charge is 0.470 e. The Balaban J connectivity index is 1.52. The maximum atomic E-state index is 13.1. The standard InChI is InChI=1S/C24H21F3N6O5S/c25-24(26,27)22-33-32-21(38-22)16-11-28-23(31-20(16)30-17(12-34)13-4-2-1-3-5-13)29-14-6-7-19-15(10-14)18(35)8-9-39(19,36)37/h1-7,10-11,17-18,34-35H,8-9,12H2,(H2,28,29,30,31)/t17-,18?/m1/s1. The van der Waals surface area contributed by atoms with E-state index in [1.54, 1.807) is 30.3 Å². The number of fused-ring (bicyclic) bond motifs is 1. The Kier molecular flexibility index (Phi) is 6.96. The molecule has 2 atom stereocenters. The molecular weight excluding hydrogens is 541 g/mol. The Morgan fingerprint density at radius 3 is 2.59 bits per heavy atom. The average molecular weight is 563 g/mol. The van der Waals surface area contributed by atoms with E-state index in [0.29, 0.717) is 11.3 Å².